The third kappa shape index (κ3) is 4.89. The molecule has 0 radical (unpaired) electrons. The molecule has 152 valence electrons. The number of aromatic nitrogens is 3. The summed E-state index contributed by atoms with van der Waals surface area (Å²) in [5, 5.41) is 4.09. The van der Waals surface area contributed by atoms with Crippen LogP contribution in [0.15, 0.2) is 66.1 Å². The molecule has 3 aromatic rings. The molecule has 0 bridgehead atoms. The molecule has 0 N–H and O–H groups in total. The van der Waals surface area contributed by atoms with Crippen LogP contribution < -0.4 is 0 Å². The number of carbonyl (C=O) groups excluding carboxylic acids is 1. The number of rotatable bonds is 7. The summed E-state index contributed by atoms with van der Waals surface area (Å²) >= 11 is 0. The van der Waals surface area contributed by atoms with E-state index >= 15 is 0 Å². The topological polar surface area (TPSA) is 85.2 Å². The fraction of sp³-hybridized carbons (Fsp3) is 0.286. The zero-order valence-corrected chi connectivity index (χ0v) is 17.5. The minimum Gasteiger partial charge on any atom is -0.339 e. The number of aryl methyl sites for hydroxylation is 1. The van der Waals surface area contributed by atoms with Crippen molar-refractivity contribution in [3.63, 3.8) is 0 Å². The Morgan fingerprint density at radius 1 is 1.10 bits per heavy atom. The van der Waals surface area contributed by atoms with Gasteiger partial charge in [0.2, 0.25) is 5.91 Å². The first kappa shape index (κ1) is 20.7. The average Bonchev–Trinajstić information content (AvgIpc) is 3.26. The van der Waals surface area contributed by atoms with E-state index in [0.717, 1.165) is 16.8 Å². The molecule has 0 aliphatic heterocycles. The van der Waals surface area contributed by atoms with Gasteiger partial charge in [0, 0.05) is 13.5 Å². The molecule has 0 saturated heterocycles. The van der Waals surface area contributed by atoms with Crippen LogP contribution in [0.3, 0.4) is 0 Å². The minimum absolute atomic E-state index is 0.0614. The van der Waals surface area contributed by atoms with E-state index in [4.69, 9.17) is 0 Å². The molecular formula is C21H24N4O3S. The van der Waals surface area contributed by atoms with Gasteiger partial charge in [0.15, 0.2) is 9.84 Å². The maximum atomic E-state index is 12.6. The fourth-order valence-corrected chi connectivity index (χ4v) is 4.18. The van der Waals surface area contributed by atoms with Gasteiger partial charge in [0.25, 0.3) is 0 Å². The summed E-state index contributed by atoms with van der Waals surface area (Å²) in [5.74, 6) is -0.425. The van der Waals surface area contributed by atoms with Gasteiger partial charge in [0.05, 0.1) is 22.4 Å². The van der Waals surface area contributed by atoms with Gasteiger partial charge in [-0.3, -0.25) is 4.79 Å². The second-order valence-corrected chi connectivity index (χ2v) is 9.10. The summed E-state index contributed by atoms with van der Waals surface area (Å²) in [4.78, 5) is 18.3. The van der Waals surface area contributed by atoms with Crippen LogP contribution in [0.4, 0.5) is 0 Å². The molecular weight excluding hydrogens is 388 g/mol. The Morgan fingerprint density at radius 3 is 2.34 bits per heavy atom. The van der Waals surface area contributed by atoms with Crippen molar-refractivity contribution in [1.82, 2.24) is 19.7 Å². The first-order valence-corrected chi connectivity index (χ1v) is 10.9. The lowest BCUT2D eigenvalue weighted by Gasteiger charge is -2.25. The molecule has 0 saturated carbocycles. The normalized spacial score (nSPS) is 12.5. The molecule has 7 nitrogen and oxygen atoms in total. The van der Waals surface area contributed by atoms with Crippen LogP contribution in [0, 0.1) is 6.92 Å². The van der Waals surface area contributed by atoms with E-state index in [2.05, 4.69) is 10.1 Å². The number of carbonyl (C=O) groups is 1. The van der Waals surface area contributed by atoms with Gasteiger partial charge in [-0.25, -0.2) is 18.1 Å². The summed E-state index contributed by atoms with van der Waals surface area (Å²) in [5.41, 5.74) is 2.81. The molecule has 1 unspecified atom stereocenters. The van der Waals surface area contributed by atoms with Gasteiger partial charge >= 0.3 is 0 Å². The lowest BCUT2D eigenvalue weighted by Crippen LogP contribution is -2.31. The highest BCUT2D eigenvalue weighted by molar-refractivity contribution is 7.91. The van der Waals surface area contributed by atoms with E-state index in [1.54, 1.807) is 47.2 Å². The van der Waals surface area contributed by atoms with Crippen LogP contribution in [-0.4, -0.2) is 46.8 Å². The number of amides is 1. The molecule has 1 aromatic heterocycles. The smallest absolute Gasteiger partial charge is 0.223 e. The van der Waals surface area contributed by atoms with Crippen LogP contribution in [0.25, 0.3) is 5.69 Å². The van der Waals surface area contributed by atoms with Crippen LogP contribution in [-0.2, 0) is 14.6 Å². The largest absolute Gasteiger partial charge is 0.339 e. The summed E-state index contributed by atoms with van der Waals surface area (Å²) in [7, 11) is -1.80. The monoisotopic (exact) mass is 412 g/mol. The van der Waals surface area contributed by atoms with Gasteiger partial charge in [-0.1, -0.05) is 29.8 Å². The van der Waals surface area contributed by atoms with E-state index in [9.17, 15) is 13.2 Å². The third-order valence-electron chi connectivity index (χ3n) is 5.00. The van der Waals surface area contributed by atoms with Crippen molar-refractivity contribution < 1.29 is 13.2 Å². The van der Waals surface area contributed by atoms with E-state index in [-0.39, 0.29) is 29.0 Å². The number of nitrogens with zero attached hydrogens (tertiary/aromatic N) is 4. The highest BCUT2D eigenvalue weighted by atomic mass is 32.2. The molecule has 0 aliphatic carbocycles. The number of hydrogen-bond donors (Lipinski definition) is 0. The van der Waals surface area contributed by atoms with Crippen LogP contribution in [0.5, 0.6) is 0 Å². The number of sulfone groups is 1. The second-order valence-electron chi connectivity index (χ2n) is 6.99. The minimum atomic E-state index is -3.49. The first-order chi connectivity index (χ1) is 13.8. The maximum absolute atomic E-state index is 12.6. The highest BCUT2D eigenvalue weighted by Gasteiger charge is 2.21. The molecule has 1 amide bonds. The van der Waals surface area contributed by atoms with Gasteiger partial charge in [-0.2, -0.15) is 5.10 Å². The Labute approximate surface area is 170 Å². The molecule has 2 aromatic carbocycles. The van der Waals surface area contributed by atoms with Crippen molar-refractivity contribution in [1.29, 1.82) is 0 Å². The van der Waals surface area contributed by atoms with Crippen LogP contribution in [0.2, 0.25) is 0 Å². The SMILES string of the molecule is Cc1ccc(S(=O)(=O)CCC(=O)N(C)C(C)c2ccc(-n3cncn3)cc2)cc1. The van der Waals surface area contributed by atoms with E-state index in [1.165, 1.54) is 6.33 Å². The highest BCUT2D eigenvalue weighted by Crippen LogP contribution is 2.21. The lowest BCUT2D eigenvalue weighted by atomic mass is 10.1. The summed E-state index contributed by atoms with van der Waals surface area (Å²) < 4.78 is 26.6. The van der Waals surface area contributed by atoms with Crippen LogP contribution >= 0.6 is 0 Å². The molecule has 0 spiro atoms. The zero-order chi connectivity index (χ0) is 21.0. The van der Waals surface area contributed by atoms with Gasteiger partial charge < -0.3 is 4.90 Å². The van der Waals surface area contributed by atoms with Gasteiger partial charge in [-0.05, 0) is 43.7 Å². The average molecular weight is 413 g/mol. The van der Waals surface area contributed by atoms with E-state index in [0.29, 0.717) is 0 Å². The summed E-state index contributed by atoms with van der Waals surface area (Å²) in [6.45, 7) is 3.81. The molecule has 29 heavy (non-hydrogen) atoms. The van der Waals surface area contributed by atoms with Crippen LogP contribution in [0.1, 0.15) is 30.5 Å². The Morgan fingerprint density at radius 2 is 1.76 bits per heavy atom. The molecule has 0 fully saturated rings. The molecule has 8 heteroatoms. The Bertz CT molecular complexity index is 1060. The lowest BCUT2D eigenvalue weighted by molar-refractivity contribution is -0.131. The van der Waals surface area contributed by atoms with Gasteiger partial charge in [0.1, 0.15) is 12.7 Å². The molecule has 3 rings (SSSR count). The third-order valence-corrected chi connectivity index (χ3v) is 6.73. The number of benzene rings is 2. The van der Waals surface area contributed by atoms with Crippen molar-refractivity contribution >= 4 is 15.7 Å². The summed E-state index contributed by atoms with van der Waals surface area (Å²) in [6.07, 6.45) is 3.02. The Hall–Kier alpha value is -3.00. The fourth-order valence-electron chi connectivity index (χ4n) is 2.95. The molecule has 1 heterocycles. The predicted molar refractivity (Wildman–Crippen MR) is 110 cm³/mol. The van der Waals surface area contributed by atoms with Crippen molar-refractivity contribution in [3.05, 3.63) is 72.3 Å². The number of hydrogen-bond acceptors (Lipinski definition) is 5. The quantitative estimate of drug-likeness (QED) is 0.596. The van der Waals surface area contributed by atoms with Crippen molar-refractivity contribution in [2.45, 2.75) is 31.2 Å². The van der Waals surface area contributed by atoms with E-state index < -0.39 is 9.84 Å². The summed E-state index contributed by atoms with van der Waals surface area (Å²) in [6, 6.07) is 14.1. The van der Waals surface area contributed by atoms with Crippen molar-refractivity contribution in [2.24, 2.45) is 0 Å². The standard InChI is InChI=1S/C21H24N4O3S/c1-16-4-10-20(11-5-16)29(27,28)13-12-21(26)24(3)17(2)18-6-8-19(9-7-18)25-15-22-14-23-25/h4-11,14-15,17H,12-13H2,1-3H3. The first-order valence-electron chi connectivity index (χ1n) is 9.28. The maximum Gasteiger partial charge on any atom is 0.223 e. The van der Waals surface area contributed by atoms with Crippen molar-refractivity contribution in [2.75, 3.05) is 12.8 Å². The molecule has 1 atom stereocenters. The molecule has 0 aliphatic rings. The predicted octanol–water partition coefficient (Wildman–Crippen LogP) is 2.96. The zero-order valence-electron chi connectivity index (χ0n) is 16.7. The van der Waals surface area contributed by atoms with Gasteiger partial charge in [-0.15, -0.1) is 0 Å². The Kier molecular flexibility index (Phi) is 6.12. The van der Waals surface area contributed by atoms with E-state index in [1.807, 2.05) is 38.1 Å². The van der Waals surface area contributed by atoms with Crippen molar-refractivity contribution in [3.8, 4) is 5.69 Å². The second kappa shape index (κ2) is 8.57. The Balaban J connectivity index is 1.62.